The molecule has 7 heteroatoms. The molecule has 0 aliphatic heterocycles. The Morgan fingerprint density at radius 2 is 1.95 bits per heavy atom. The monoisotopic (exact) mass is 269 g/mol. The van der Waals surface area contributed by atoms with Crippen molar-refractivity contribution in [2.45, 2.75) is 20.8 Å². The second-order valence-electron chi connectivity index (χ2n) is 3.78. The minimum Gasteiger partial charge on any atom is -0.464 e. The van der Waals surface area contributed by atoms with E-state index in [-0.39, 0.29) is 0 Å². The Morgan fingerprint density at radius 1 is 1.16 bits per heavy atom. The predicted molar refractivity (Wildman–Crippen MR) is 74.9 cm³/mol. The first kappa shape index (κ1) is 15.4. The number of aromatic nitrogens is 3. The van der Waals surface area contributed by atoms with Gasteiger partial charge in [0.05, 0.1) is 13.2 Å². The summed E-state index contributed by atoms with van der Waals surface area (Å²) in [7, 11) is 1.68. The molecule has 0 saturated heterocycles. The van der Waals surface area contributed by atoms with Gasteiger partial charge in [-0.25, -0.2) is 0 Å². The zero-order valence-electron chi connectivity index (χ0n) is 12.1. The van der Waals surface area contributed by atoms with E-state index in [1.165, 1.54) is 0 Å². The minimum atomic E-state index is 0.347. The lowest BCUT2D eigenvalue weighted by Crippen LogP contribution is -2.29. The number of anilines is 2. The molecule has 0 unspecified atom stereocenters. The molecule has 1 N–H and O–H groups in total. The third-order valence-corrected chi connectivity index (χ3v) is 2.44. The highest BCUT2D eigenvalue weighted by Gasteiger charge is 2.12. The van der Waals surface area contributed by atoms with E-state index in [4.69, 9.17) is 9.47 Å². The van der Waals surface area contributed by atoms with Crippen molar-refractivity contribution in [2.75, 3.05) is 50.2 Å². The number of ether oxygens (including phenoxy) is 2. The average molecular weight is 269 g/mol. The molecule has 1 heterocycles. The summed E-state index contributed by atoms with van der Waals surface area (Å²) in [6.45, 7) is 9.37. The molecule has 0 aromatic carbocycles. The van der Waals surface area contributed by atoms with Crippen LogP contribution in [0.25, 0.3) is 0 Å². The van der Waals surface area contributed by atoms with E-state index < -0.39 is 0 Å². The van der Waals surface area contributed by atoms with E-state index in [2.05, 4.69) is 20.3 Å². The second kappa shape index (κ2) is 8.47. The molecule has 0 aliphatic carbocycles. The van der Waals surface area contributed by atoms with Gasteiger partial charge >= 0.3 is 6.01 Å². The first-order chi connectivity index (χ1) is 9.24. The summed E-state index contributed by atoms with van der Waals surface area (Å²) < 4.78 is 10.5. The van der Waals surface area contributed by atoms with Gasteiger partial charge in [0.1, 0.15) is 0 Å². The van der Waals surface area contributed by atoms with Crippen LogP contribution in [0, 0.1) is 0 Å². The summed E-state index contributed by atoms with van der Waals surface area (Å²) >= 11 is 0. The number of hydrogen-bond acceptors (Lipinski definition) is 7. The minimum absolute atomic E-state index is 0.347. The van der Waals surface area contributed by atoms with Gasteiger partial charge in [-0.15, -0.1) is 0 Å². The standard InChI is InChI=1S/C12H23N5O2/c1-5-13-10-14-11(16-12(15-10)19-7-3)17(6-2)8-9-18-4/h5-9H2,1-4H3,(H,13,14,15,16). The maximum atomic E-state index is 5.37. The van der Waals surface area contributed by atoms with Gasteiger partial charge < -0.3 is 19.7 Å². The number of likely N-dealkylation sites (N-methyl/N-ethyl adjacent to an activating group) is 1. The van der Waals surface area contributed by atoms with E-state index in [0.29, 0.717) is 31.1 Å². The maximum Gasteiger partial charge on any atom is 0.323 e. The van der Waals surface area contributed by atoms with Crippen molar-refractivity contribution in [1.29, 1.82) is 0 Å². The van der Waals surface area contributed by atoms with Crippen molar-refractivity contribution in [3.63, 3.8) is 0 Å². The highest BCUT2D eigenvalue weighted by molar-refractivity contribution is 5.38. The summed E-state index contributed by atoms with van der Waals surface area (Å²) in [5.74, 6) is 1.14. The van der Waals surface area contributed by atoms with Gasteiger partial charge in [0.2, 0.25) is 11.9 Å². The van der Waals surface area contributed by atoms with Gasteiger partial charge in [-0.2, -0.15) is 15.0 Å². The van der Waals surface area contributed by atoms with Crippen molar-refractivity contribution >= 4 is 11.9 Å². The molecule has 0 bridgehead atoms. The summed E-state index contributed by atoms with van der Waals surface area (Å²) in [6, 6.07) is 0.347. The third-order valence-electron chi connectivity index (χ3n) is 2.44. The van der Waals surface area contributed by atoms with Crippen LogP contribution in [0.15, 0.2) is 0 Å². The molecule has 0 amide bonds. The molecule has 1 rings (SSSR count). The van der Waals surface area contributed by atoms with Crippen LogP contribution in [0.2, 0.25) is 0 Å². The van der Waals surface area contributed by atoms with Crippen LogP contribution in [-0.2, 0) is 4.74 Å². The quantitative estimate of drug-likeness (QED) is 0.721. The molecular weight excluding hydrogens is 246 g/mol. The van der Waals surface area contributed by atoms with Gasteiger partial charge in [-0.05, 0) is 20.8 Å². The second-order valence-corrected chi connectivity index (χ2v) is 3.78. The molecule has 1 aromatic rings. The summed E-state index contributed by atoms with van der Waals surface area (Å²) in [5, 5.41) is 3.08. The molecule has 19 heavy (non-hydrogen) atoms. The first-order valence-corrected chi connectivity index (χ1v) is 6.61. The molecule has 0 spiro atoms. The molecule has 0 aliphatic rings. The van der Waals surface area contributed by atoms with Crippen molar-refractivity contribution in [3.8, 4) is 6.01 Å². The van der Waals surface area contributed by atoms with Gasteiger partial charge in [-0.3, -0.25) is 0 Å². The Morgan fingerprint density at radius 3 is 2.53 bits per heavy atom. The smallest absolute Gasteiger partial charge is 0.323 e. The van der Waals surface area contributed by atoms with E-state index in [1.54, 1.807) is 7.11 Å². The molecule has 0 radical (unpaired) electrons. The number of methoxy groups -OCH3 is 1. The molecule has 1 aromatic heterocycles. The summed E-state index contributed by atoms with van der Waals surface area (Å²) in [5.41, 5.74) is 0. The van der Waals surface area contributed by atoms with E-state index in [1.807, 2.05) is 25.7 Å². The molecule has 7 nitrogen and oxygen atoms in total. The van der Waals surface area contributed by atoms with Crippen LogP contribution in [0.1, 0.15) is 20.8 Å². The highest BCUT2D eigenvalue weighted by Crippen LogP contribution is 2.14. The van der Waals surface area contributed by atoms with Crippen molar-refractivity contribution < 1.29 is 9.47 Å². The SMILES string of the molecule is CCNc1nc(OCC)nc(N(CC)CCOC)n1. The van der Waals surface area contributed by atoms with Gasteiger partial charge in [0.25, 0.3) is 0 Å². The van der Waals surface area contributed by atoms with Crippen LogP contribution >= 0.6 is 0 Å². The van der Waals surface area contributed by atoms with Crippen LogP contribution < -0.4 is 15.0 Å². The Labute approximate surface area is 114 Å². The van der Waals surface area contributed by atoms with Crippen LogP contribution in [-0.4, -0.2) is 54.9 Å². The van der Waals surface area contributed by atoms with Crippen molar-refractivity contribution in [3.05, 3.63) is 0 Å². The normalized spacial score (nSPS) is 10.3. The fourth-order valence-corrected chi connectivity index (χ4v) is 1.52. The molecule has 108 valence electrons. The molecule has 0 saturated carbocycles. The maximum absolute atomic E-state index is 5.37. The largest absolute Gasteiger partial charge is 0.464 e. The number of nitrogens with one attached hydrogen (secondary N) is 1. The van der Waals surface area contributed by atoms with Crippen molar-refractivity contribution in [2.24, 2.45) is 0 Å². The third kappa shape index (κ3) is 4.86. The molecule has 0 atom stereocenters. The Bertz CT molecular complexity index is 351. The first-order valence-electron chi connectivity index (χ1n) is 6.61. The van der Waals surface area contributed by atoms with E-state index in [9.17, 15) is 0 Å². The van der Waals surface area contributed by atoms with Gasteiger partial charge in [-0.1, -0.05) is 0 Å². The lowest BCUT2D eigenvalue weighted by Gasteiger charge is -2.21. The summed E-state index contributed by atoms with van der Waals surface area (Å²) in [4.78, 5) is 14.9. The zero-order chi connectivity index (χ0) is 14.1. The highest BCUT2D eigenvalue weighted by atomic mass is 16.5. The summed E-state index contributed by atoms with van der Waals surface area (Å²) in [6.07, 6.45) is 0. The lowest BCUT2D eigenvalue weighted by atomic mass is 10.5. The number of hydrogen-bond donors (Lipinski definition) is 1. The molecular formula is C12H23N5O2. The molecule has 0 fully saturated rings. The van der Waals surface area contributed by atoms with Gasteiger partial charge in [0.15, 0.2) is 0 Å². The Kier molecular flexibility index (Phi) is 6.88. The van der Waals surface area contributed by atoms with Crippen LogP contribution in [0.5, 0.6) is 6.01 Å². The fourth-order valence-electron chi connectivity index (χ4n) is 1.52. The van der Waals surface area contributed by atoms with Gasteiger partial charge in [0, 0.05) is 26.7 Å². The average Bonchev–Trinajstić information content (AvgIpc) is 2.40. The number of rotatable bonds is 9. The van der Waals surface area contributed by atoms with Crippen molar-refractivity contribution in [1.82, 2.24) is 15.0 Å². The van der Waals surface area contributed by atoms with Crippen LogP contribution in [0.4, 0.5) is 11.9 Å². The lowest BCUT2D eigenvalue weighted by molar-refractivity contribution is 0.205. The fraction of sp³-hybridized carbons (Fsp3) is 0.750. The Hall–Kier alpha value is -1.63. The Balaban J connectivity index is 2.94. The van der Waals surface area contributed by atoms with Crippen LogP contribution in [0.3, 0.4) is 0 Å². The number of nitrogens with zero attached hydrogens (tertiary/aromatic N) is 4. The zero-order valence-corrected chi connectivity index (χ0v) is 12.1. The van der Waals surface area contributed by atoms with E-state index in [0.717, 1.165) is 19.6 Å². The predicted octanol–water partition coefficient (Wildman–Crippen LogP) is 1.17. The van der Waals surface area contributed by atoms with E-state index >= 15 is 0 Å². The topological polar surface area (TPSA) is 72.4 Å².